The number of anilines is 1. The SMILES string of the molecule is Cc1c2c(nn1-c1ccccc1)CCN(C(=O)c1cc(S(C)(=O)=O)ccc1N(I)I)C2. The van der Waals surface area contributed by atoms with E-state index in [1.165, 1.54) is 12.1 Å². The number of para-hydroxylation sites is 1. The van der Waals surface area contributed by atoms with Gasteiger partial charge < -0.3 is 4.90 Å². The van der Waals surface area contributed by atoms with Crippen molar-refractivity contribution in [2.75, 3.05) is 14.1 Å². The number of fused-ring (bicyclic) bond motifs is 1. The van der Waals surface area contributed by atoms with E-state index < -0.39 is 9.84 Å². The smallest absolute Gasteiger partial charge is 0.256 e. The van der Waals surface area contributed by atoms with Crippen molar-refractivity contribution in [1.82, 2.24) is 14.7 Å². The molecule has 4 rings (SSSR count). The first-order chi connectivity index (χ1) is 14.7. The highest BCUT2D eigenvalue weighted by atomic mass is 127. The fourth-order valence-electron chi connectivity index (χ4n) is 3.74. The summed E-state index contributed by atoms with van der Waals surface area (Å²) in [5.74, 6) is -0.184. The third-order valence-corrected chi connectivity index (χ3v) is 7.54. The quantitative estimate of drug-likeness (QED) is 0.308. The minimum atomic E-state index is -3.42. The van der Waals surface area contributed by atoms with Crippen LogP contribution in [0.4, 0.5) is 5.69 Å². The molecule has 1 amide bonds. The zero-order valence-corrected chi connectivity index (χ0v) is 22.0. The number of nitrogens with zero attached hydrogens (tertiary/aromatic N) is 4. The van der Waals surface area contributed by atoms with Crippen molar-refractivity contribution in [2.45, 2.75) is 24.8 Å². The van der Waals surface area contributed by atoms with E-state index in [-0.39, 0.29) is 10.8 Å². The standard InChI is InChI=1S/C21H20I2N4O3S/c1-14-18-13-25(11-10-19(18)24-26(14)15-6-4-3-5-7-15)21(28)17-12-16(31(2,29)30)8-9-20(17)27(22)23/h3-9,12H,10-11,13H2,1-2H3. The second-order valence-electron chi connectivity index (χ2n) is 7.42. The predicted molar refractivity (Wildman–Crippen MR) is 137 cm³/mol. The summed E-state index contributed by atoms with van der Waals surface area (Å²) in [5.41, 5.74) is 5.09. The monoisotopic (exact) mass is 662 g/mol. The normalized spacial score (nSPS) is 13.7. The van der Waals surface area contributed by atoms with Gasteiger partial charge in [0.25, 0.3) is 5.91 Å². The maximum absolute atomic E-state index is 13.5. The molecule has 0 radical (unpaired) electrons. The van der Waals surface area contributed by atoms with Gasteiger partial charge in [0.1, 0.15) is 0 Å². The van der Waals surface area contributed by atoms with Crippen LogP contribution < -0.4 is 1.33 Å². The third-order valence-electron chi connectivity index (χ3n) is 5.39. The summed E-state index contributed by atoms with van der Waals surface area (Å²) in [5, 5.41) is 4.77. The average molecular weight is 662 g/mol. The first kappa shape index (κ1) is 22.5. The van der Waals surface area contributed by atoms with E-state index in [2.05, 4.69) is 45.7 Å². The van der Waals surface area contributed by atoms with Gasteiger partial charge in [-0.3, -0.25) is 6.12 Å². The molecule has 0 spiro atoms. The number of hydrogen-bond acceptors (Lipinski definition) is 5. The Labute approximate surface area is 209 Å². The number of aromatic nitrogens is 2. The van der Waals surface area contributed by atoms with Crippen molar-refractivity contribution in [3.8, 4) is 5.69 Å². The minimum Gasteiger partial charge on any atom is -0.334 e. The van der Waals surface area contributed by atoms with Gasteiger partial charge in [-0.15, -0.1) is 0 Å². The highest BCUT2D eigenvalue weighted by molar-refractivity contribution is 14.2. The van der Waals surface area contributed by atoms with E-state index in [4.69, 9.17) is 5.10 Å². The van der Waals surface area contributed by atoms with Gasteiger partial charge in [-0.05, 0) is 37.3 Å². The molecule has 0 saturated heterocycles. The van der Waals surface area contributed by atoms with E-state index in [9.17, 15) is 13.2 Å². The molecule has 7 nitrogen and oxygen atoms in total. The summed E-state index contributed by atoms with van der Waals surface area (Å²) in [6, 6.07) is 14.6. The number of hydrogen-bond donors (Lipinski definition) is 0. The lowest BCUT2D eigenvalue weighted by Gasteiger charge is -2.28. The predicted octanol–water partition coefficient (Wildman–Crippen LogP) is 4.29. The van der Waals surface area contributed by atoms with E-state index in [0.29, 0.717) is 30.8 Å². The van der Waals surface area contributed by atoms with Crippen molar-refractivity contribution in [2.24, 2.45) is 0 Å². The summed E-state index contributed by atoms with van der Waals surface area (Å²) < 4.78 is 27.8. The molecule has 0 atom stereocenters. The maximum atomic E-state index is 13.5. The van der Waals surface area contributed by atoms with Crippen LogP contribution in [0, 0.1) is 6.92 Å². The molecule has 0 fully saturated rings. The van der Waals surface area contributed by atoms with Gasteiger partial charge in [0.15, 0.2) is 9.84 Å². The van der Waals surface area contributed by atoms with Crippen LogP contribution in [-0.4, -0.2) is 41.8 Å². The molecule has 31 heavy (non-hydrogen) atoms. The number of rotatable bonds is 4. The first-order valence-corrected chi connectivity index (χ1v) is 13.4. The molecule has 0 aliphatic carbocycles. The topological polar surface area (TPSA) is 75.5 Å². The Morgan fingerprint density at radius 1 is 1.13 bits per heavy atom. The largest absolute Gasteiger partial charge is 0.334 e. The number of sulfone groups is 1. The van der Waals surface area contributed by atoms with Crippen molar-refractivity contribution in [1.29, 1.82) is 0 Å². The van der Waals surface area contributed by atoms with Gasteiger partial charge in [-0.25, -0.2) is 13.1 Å². The van der Waals surface area contributed by atoms with Gasteiger partial charge in [0, 0.05) is 37.0 Å². The number of amides is 1. The van der Waals surface area contributed by atoms with Crippen molar-refractivity contribution in [3.63, 3.8) is 0 Å². The molecular weight excluding hydrogens is 642 g/mol. The Bertz CT molecular complexity index is 1260. The van der Waals surface area contributed by atoms with Gasteiger partial charge in [0.2, 0.25) is 0 Å². The Morgan fingerprint density at radius 2 is 1.84 bits per heavy atom. The summed E-state index contributed by atoms with van der Waals surface area (Å²) in [7, 11) is -3.42. The van der Waals surface area contributed by atoms with Gasteiger partial charge in [-0.2, -0.15) is 5.10 Å². The van der Waals surface area contributed by atoms with Gasteiger partial charge >= 0.3 is 0 Å². The van der Waals surface area contributed by atoms with Crippen LogP contribution in [0.1, 0.15) is 27.3 Å². The van der Waals surface area contributed by atoms with Gasteiger partial charge in [0.05, 0.1) is 73.3 Å². The van der Waals surface area contributed by atoms with E-state index in [0.717, 1.165) is 28.9 Å². The lowest BCUT2D eigenvalue weighted by molar-refractivity contribution is 0.0735. The third kappa shape index (κ3) is 4.46. The maximum Gasteiger partial charge on any atom is 0.256 e. The first-order valence-electron chi connectivity index (χ1n) is 9.54. The number of halogens is 2. The van der Waals surface area contributed by atoms with Crippen molar-refractivity contribution in [3.05, 3.63) is 71.0 Å². The molecular formula is C21H20I2N4O3S. The van der Waals surface area contributed by atoms with Crippen molar-refractivity contribution >= 4 is 67.2 Å². The fourth-order valence-corrected chi connectivity index (χ4v) is 5.23. The molecule has 0 saturated carbocycles. The molecule has 0 bridgehead atoms. The molecule has 1 aliphatic heterocycles. The fraction of sp³-hybridized carbons (Fsp3) is 0.238. The Morgan fingerprint density at radius 3 is 2.48 bits per heavy atom. The van der Waals surface area contributed by atoms with Crippen molar-refractivity contribution < 1.29 is 13.2 Å². The van der Waals surface area contributed by atoms with Crippen LogP contribution >= 0.6 is 45.7 Å². The molecule has 162 valence electrons. The molecule has 10 heteroatoms. The zero-order valence-electron chi connectivity index (χ0n) is 16.9. The second-order valence-corrected chi connectivity index (χ2v) is 13.2. The highest BCUT2D eigenvalue weighted by Crippen LogP contribution is 2.32. The van der Waals surface area contributed by atoms with Crippen LogP contribution in [-0.2, 0) is 22.8 Å². The highest BCUT2D eigenvalue weighted by Gasteiger charge is 2.29. The Kier molecular flexibility index (Phi) is 6.32. The molecule has 2 heterocycles. The molecule has 3 aromatic rings. The van der Waals surface area contributed by atoms with E-state index in [1.807, 2.05) is 41.9 Å². The van der Waals surface area contributed by atoms with Crippen LogP contribution in [0.15, 0.2) is 53.4 Å². The molecule has 1 aromatic heterocycles. The lowest BCUT2D eigenvalue weighted by Crippen LogP contribution is -2.36. The Balaban J connectivity index is 1.69. The summed E-state index contributed by atoms with van der Waals surface area (Å²) in [4.78, 5) is 15.4. The average Bonchev–Trinajstić information content (AvgIpc) is 3.08. The summed E-state index contributed by atoms with van der Waals surface area (Å²) in [6.45, 7) is 2.99. The van der Waals surface area contributed by atoms with E-state index >= 15 is 0 Å². The number of benzene rings is 2. The van der Waals surface area contributed by atoms with Crippen LogP contribution in [0.25, 0.3) is 5.69 Å². The summed E-state index contributed by atoms with van der Waals surface area (Å²) >= 11 is 4.15. The molecule has 1 aliphatic rings. The molecule has 0 N–H and O–H groups in total. The van der Waals surface area contributed by atoms with Gasteiger partial charge in [-0.1, -0.05) is 18.2 Å². The number of carbonyl (C=O) groups is 1. The summed E-state index contributed by atoms with van der Waals surface area (Å²) in [6.07, 6.45) is 1.80. The zero-order chi connectivity index (χ0) is 22.3. The minimum absolute atomic E-state index is 0.139. The van der Waals surface area contributed by atoms with Crippen LogP contribution in [0.3, 0.4) is 0 Å². The molecule has 2 aromatic carbocycles. The lowest BCUT2D eigenvalue weighted by atomic mass is 10.0. The van der Waals surface area contributed by atoms with Crippen LogP contribution in [0.5, 0.6) is 0 Å². The van der Waals surface area contributed by atoms with E-state index in [1.54, 1.807) is 12.3 Å². The Hall–Kier alpha value is -1.67. The second kappa shape index (κ2) is 8.70. The number of carbonyl (C=O) groups excluding carboxylic acids is 1. The van der Waals surface area contributed by atoms with Crippen LogP contribution in [0.2, 0.25) is 0 Å². The molecule has 0 unspecified atom stereocenters.